The summed E-state index contributed by atoms with van der Waals surface area (Å²) in [4.78, 5) is 17.5. The Morgan fingerprint density at radius 3 is 2.35 bits per heavy atom. The van der Waals surface area contributed by atoms with Crippen molar-refractivity contribution in [3.63, 3.8) is 0 Å². The number of carbonyl (C=O) groups excluding carboxylic acids is 1. The van der Waals surface area contributed by atoms with Gasteiger partial charge in [-0.15, -0.1) is 5.10 Å². The van der Waals surface area contributed by atoms with Gasteiger partial charge in [0.15, 0.2) is 5.82 Å². The monoisotopic (exact) mass is 412 g/mol. The first-order chi connectivity index (χ1) is 14.9. The quantitative estimate of drug-likeness (QED) is 0.494. The smallest absolute Gasteiger partial charge is 0.295 e. The summed E-state index contributed by atoms with van der Waals surface area (Å²) in [6.45, 7) is 6.10. The molecule has 0 bridgehead atoms. The van der Waals surface area contributed by atoms with Crippen LogP contribution in [0.4, 0.5) is 5.69 Å². The third kappa shape index (κ3) is 4.33. The molecule has 0 saturated carbocycles. The molecule has 0 fully saturated rings. The molecule has 156 valence electrons. The SMILES string of the molecule is COc1ccc(NC(=O)c2nc(-c3cccc(C)c3)n(-c3ccc(C)cc3C)n2)cc1. The zero-order valence-corrected chi connectivity index (χ0v) is 18.0. The van der Waals surface area contributed by atoms with Gasteiger partial charge < -0.3 is 10.1 Å². The summed E-state index contributed by atoms with van der Waals surface area (Å²) >= 11 is 0. The van der Waals surface area contributed by atoms with Crippen molar-refractivity contribution in [3.8, 4) is 22.8 Å². The van der Waals surface area contributed by atoms with Gasteiger partial charge in [-0.25, -0.2) is 9.67 Å². The Labute approximate surface area is 181 Å². The second kappa shape index (κ2) is 8.44. The highest BCUT2D eigenvalue weighted by Gasteiger charge is 2.20. The van der Waals surface area contributed by atoms with Crippen LogP contribution < -0.4 is 10.1 Å². The molecule has 0 saturated heterocycles. The maximum absolute atomic E-state index is 12.9. The zero-order chi connectivity index (χ0) is 22.0. The second-order valence-corrected chi connectivity index (χ2v) is 7.51. The van der Waals surface area contributed by atoms with Gasteiger partial charge in [-0.05, 0) is 62.7 Å². The van der Waals surface area contributed by atoms with Gasteiger partial charge in [0, 0.05) is 11.3 Å². The fraction of sp³-hybridized carbons (Fsp3) is 0.160. The molecule has 31 heavy (non-hydrogen) atoms. The molecule has 1 amide bonds. The first kappa shape index (κ1) is 20.3. The van der Waals surface area contributed by atoms with Crippen LogP contribution >= 0.6 is 0 Å². The molecule has 3 aromatic carbocycles. The minimum atomic E-state index is -0.373. The molecule has 0 spiro atoms. The summed E-state index contributed by atoms with van der Waals surface area (Å²) in [6, 6.07) is 21.3. The molecule has 0 aliphatic rings. The fourth-order valence-electron chi connectivity index (χ4n) is 3.45. The summed E-state index contributed by atoms with van der Waals surface area (Å²) in [5.41, 5.74) is 5.76. The van der Waals surface area contributed by atoms with Crippen LogP contribution in [0.15, 0.2) is 66.7 Å². The molecular weight excluding hydrogens is 388 g/mol. The highest BCUT2D eigenvalue weighted by Crippen LogP contribution is 2.25. The number of nitrogens with one attached hydrogen (secondary N) is 1. The molecule has 1 aromatic heterocycles. The van der Waals surface area contributed by atoms with Crippen LogP contribution in [0.5, 0.6) is 5.75 Å². The summed E-state index contributed by atoms with van der Waals surface area (Å²) in [7, 11) is 1.60. The van der Waals surface area contributed by atoms with Crippen LogP contribution in [0.25, 0.3) is 17.1 Å². The van der Waals surface area contributed by atoms with E-state index in [2.05, 4.69) is 21.5 Å². The molecule has 0 aliphatic heterocycles. The average molecular weight is 412 g/mol. The molecular formula is C25H24N4O2. The number of ether oxygens (including phenoxy) is 1. The normalized spacial score (nSPS) is 10.7. The number of hydrogen-bond acceptors (Lipinski definition) is 4. The van der Waals surface area contributed by atoms with E-state index in [9.17, 15) is 4.79 Å². The van der Waals surface area contributed by atoms with Crippen molar-refractivity contribution in [2.45, 2.75) is 20.8 Å². The van der Waals surface area contributed by atoms with Crippen molar-refractivity contribution in [2.24, 2.45) is 0 Å². The van der Waals surface area contributed by atoms with Crippen LogP contribution in [0, 0.1) is 20.8 Å². The van der Waals surface area contributed by atoms with Crippen molar-refractivity contribution in [2.75, 3.05) is 12.4 Å². The van der Waals surface area contributed by atoms with Crippen molar-refractivity contribution < 1.29 is 9.53 Å². The lowest BCUT2D eigenvalue weighted by Crippen LogP contribution is -2.14. The number of hydrogen-bond donors (Lipinski definition) is 1. The third-order valence-corrected chi connectivity index (χ3v) is 5.01. The first-order valence-electron chi connectivity index (χ1n) is 10.0. The van der Waals surface area contributed by atoms with E-state index in [-0.39, 0.29) is 11.7 Å². The number of carbonyl (C=O) groups is 1. The molecule has 0 atom stereocenters. The molecule has 4 rings (SSSR count). The topological polar surface area (TPSA) is 69.0 Å². The number of anilines is 1. The molecule has 0 unspecified atom stereocenters. The zero-order valence-electron chi connectivity index (χ0n) is 18.0. The highest BCUT2D eigenvalue weighted by atomic mass is 16.5. The van der Waals surface area contributed by atoms with Gasteiger partial charge in [-0.2, -0.15) is 0 Å². The van der Waals surface area contributed by atoms with Gasteiger partial charge >= 0.3 is 0 Å². The lowest BCUT2D eigenvalue weighted by Gasteiger charge is -2.10. The Kier molecular flexibility index (Phi) is 5.54. The lowest BCUT2D eigenvalue weighted by atomic mass is 10.1. The summed E-state index contributed by atoms with van der Waals surface area (Å²) in [5, 5.41) is 7.43. The standard InChI is InChI=1S/C25H24N4O2/c1-16-6-5-7-19(15-16)24-27-23(25(30)26-20-9-11-21(31-4)12-10-20)28-29(24)22-13-8-17(2)14-18(22)3/h5-15H,1-4H3,(H,26,30). The molecule has 4 aromatic rings. The van der Waals surface area contributed by atoms with Gasteiger partial charge in [0.25, 0.3) is 5.91 Å². The van der Waals surface area contributed by atoms with Gasteiger partial charge in [0.2, 0.25) is 5.82 Å². The predicted octanol–water partition coefficient (Wildman–Crippen LogP) is 5.12. The van der Waals surface area contributed by atoms with Gasteiger partial charge in [-0.1, -0.05) is 41.5 Å². The molecule has 0 radical (unpaired) electrons. The van der Waals surface area contributed by atoms with Crippen LogP contribution in [0.2, 0.25) is 0 Å². The minimum Gasteiger partial charge on any atom is -0.497 e. The second-order valence-electron chi connectivity index (χ2n) is 7.51. The van der Waals surface area contributed by atoms with Crippen LogP contribution in [0.3, 0.4) is 0 Å². The predicted molar refractivity (Wildman–Crippen MR) is 122 cm³/mol. The number of benzene rings is 3. The molecule has 6 nitrogen and oxygen atoms in total. The Hall–Kier alpha value is -3.93. The minimum absolute atomic E-state index is 0.104. The van der Waals surface area contributed by atoms with E-state index < -0.39 is 0 Å². The average Bonchev–Trinajstić information content (AvgIpc) is 3.20. The van der Waals surface area contributed by atoms with E-state index in [1.807, 2.05) is 57.2 Å². The first-order valence-corrected chi connectivity index (χ1v) is 10.0. The number of rotatable bonds is 5. The maximum Gasteiger partial charge on any atom is 0.295 e. The fourth-order valence-corrected chi connectivity index (χ4v) is 3.45. The van der Waals surface area contributed by atoms with Crippen molar-refractivity contribution in [1.29, 1.82) is 0 Å². The Balaban J connectivity index is 1.76. The largest absolute Gasteiger partial charge is 0.497 e. The Morgan fingerprint density at radius 2 is 1.68 bits per heavy atom. The van der Waals surface area contributed by atoms with E-state index in [0.29, 0.717) is 11.5 Å². The maximum atomic E-state index is 12.9. The van der Waals surface area contributed by atoms with Gasteiger partial charge in [-0.3, -0.25) is 4.79 Å². The molecule has 0 aliphatic carbocycles. The van der Waals surface area contributed by atoms with Crippen molar-refractivity contribution >= 4 is 11.6 Å². The summed E-state index contributed by atoms with van der Waals surface area (Å²) < 4.78 is 6.91. The van der Waals surface area contributed by atoms with E-state index in [1.165, 1.54) is 0 Å². The van der Waals surface area contributed by atoms with E-state index in [1.54, 1.807) is 36.1 Å². The van der Waals surface area contributed by atoms with Crippen LogP contribution in [0.1, 0.15) is 27.3 Å². The lowest BCUT2D eigenvalue weighted by molar-refractivity contribution is 0.101. The van der Waals surface area contributed by atoms with Crippen LogP contribution in [-0.2, 0) is 0 Å². The number of nitrogens with zero attached hydrogens (tertiary/aromatic N) is 3. The summed E-state index contributed by atoms with van der Waals surface area (Å²) in [5.74, 6) is 1.07. The van der Waals surface area contributed by atoms with Crippen molar-refractivity contribution in [3.05, 3.63) is 89.2 Å². The summed E-state index contributed by atoms with van der Waals surface area (Å²) in [6.07, 6.45) is 0. The number of aryl methyl sites for hydroxylation is 3. The van der Waals surface area contributed by atoms with Crippen molar-refractivity contribution in [1.82, 2.24) is 14.8 Å². The van der Waals surface area contributed by atoms with E-state index in [0.717, 1.165) is 33.7 Å². The Morgan fingerprint density at radius 1 is 0.935 bits per heavy atom. The van der Waals surface area contributed by atoms with E-state index in [4.69, 9.17) is 4.74 Å². The van der Waals surface area contributed by atoms with E-state index >= 15 is 0 Å². The van der Waals surface area contributed by atoms with Crippen LogP contribution in [-0.4, -0.2) is 27.8 Å². The number of methoxy groups -OCH3 is 1. The molecule has 1 heterocycles. The Bertz CT molecular complexity index is 1240. The number of aromatic nitrogens is 3. The molecule has 6 heteroatoms. The number of amides is 1. The van der Waals surface area contributed by atoms with Gasteiger partial charge in [0.1, 0.15) is 5.75 Å². The van der Waals surface area contributed by atoms with Gasteiger partial charge in [0.05, 0.1) is 12.8 Å². The third-order valence-electron chi connectivity index (χ3n) is 5.01. The highest BCUT2D eigenvalue weighted by molar-refractivity contribution is 6.01. The molecule has 1 N–H and O–H groups in total.